The van der Waals surface area contributed by atoms with E-state index in [2.05, 4.69) is 50.4 Å². The van der Waals surface area contributed by atoms with Gasteiger partial charge in [0.05, 0.1) is 0 Å². The van der Waals surface area contributed by atoms with Crippen LogP contribution in [0.1, 0.15) is 44.2 Å². The summed E-state index contributed by atoms with van der Waals surface area (Å²) in [6.45, 7) is 8.33. The topological polar surface area (TPSA) is 49.3 Å². The van der Waals surface area contributed by atoms with Gasteiger partial charge in [-0.3, -0.25) is 4.79 Å². The second-order valence-corrected chi connectivity index (χ2v) is 5.78. The lowest BCUT2D eigenvalue weighted by Crippen LogP contribution is -2.33. The Morgan fingerprint density at radius 2 is 1.84 bits per heavy atom. The van der Waals surface area contributed by atoms with E-state index < -0.39 is 5.97 Å². The molecule has 0 unspecified atom stereocenters. The van der Waals surface area contributed by atoms with Gasteiger partial charge in [0.15, 0.2) is 0 Å². The number of hydrogen-bond donors (Lipinski definition) is 2. The van der Waals surface area contributed by atoms with Gasteiger partial charge in [-0.15, -0.1) is 0 Å². The zero-order valence-corrected chi connectivity index (χ0v) is 12.2. The van der Waals surface area contributed by atoms with Gasteiger partial charge < -0.3 is 10.4 Å². The lowest BCUT2D eigenvalue weighted by molar-refractivity contribution is -0.137. The van der Waals surface area contributed by atoms with Crippen LogP contribution in [0.3, 0.4) is 0 Å². The van der Waals surface area contributed by atoms with Crippen LogP contribution >= 0.6 is 0 Å². The molecular weight excluding hydrogens is 238 g/mol. The van der Waals surface area contributed by atoms with E-state index in [9.17, 15) is 4.79 Å². The molecule has 0 radical (unpaired) electrons. The van der Waals surface area contributed by atoms with E-state index in [1.165, 1.54) is 11.1 Å². The Bertz CT molecular complexity index is 396. The van der Waals surface area contributed by atoms with Gasteiger partial charge >= 0.3 is 5.97 Å². The van der Waals surface area contributed by atoms with E-state index in [0.29, 0.717) is 0 Å². The van der Waals surface area contributed by atoms with Crippen molar-refractivity contribution < 1.29 is 9.90 Å². The molecule has 0 aliphatic carbocycles. The first kappa shape index (κ1) is 15.7. The van der Waals surface area contributed by atoms with E-state index in [-0.39, 0.29) is 11.8 Å². The number of aliphatic carboxylic acids is 1. The van der Waals surface area contributed by atoms with Gasteiger partial charge in [-0.05, 0) is 31.9 Å². The molecule has 3 heteroatoms. The molecule has 0 aromatic heterocycles. The minimum atomic E-state index is -0.708. The van der Waals surface area contributed by atoms with Crippen LogP contribution in [0.25, 0.3) is 0 Å². The largest absolute Gasteiger partial charge is 0.481 e. The normalized spacial score (nSPS) is 11.5. The Balaban J connectivity index is 2.31. The molecule has 0 spiro atoms. The Hall–Kier alpha value is -1.35. The molecule has 0 bridgehead atoms. The molecule has 0 aliphatic heterocycles. The summed E-state index contributed by atoms with van der Waals surface area (Å²) in [5.74, 6) is -0.708. The summed E-state index contributed by atoms with van der Waals surface area (Å²) in [7, 11) is 0. The van der Waals surface area contributed by atoms with Crippen LogP contribution in [0, 0.1) is 6.92 Å². The minimum Gasteiger partial charge on any atom is -0.481 e. The second-order valence-electron chi connectivity index (χ2n) is 5.78. The lowest BCUT2D eigenvalue weighted by atomic mass is 9.84. The molecule has 0 saturated carbocycles. The van der Waals surface area contributed by atoms with E-state index in [4.69, 9.17) is 5.11 Å². The van der Waals surface area contributed by atoms with Crippen molar-refractivity contribution in [2.45, 2.75) is 45.4 Å². The molecule has 19 heavy (non-hydrogen) atoms. The molecule has 0 heterocycles. The number of carboxylic acid groups (broad SMARTS) is 1. The molecule has 0 atom stereocenters. The first-order valence-electron chi connectivity index (χ1n) is 6.91. The maximum absolute atomic E-state index is 10.4. The standard InChI is InChI=1S/C16H25NO2/c1-13-7-9-14(10-8-13)16(2,3)12-17-11-5-4-6-15(18)19/h7-10,17H,4-6,11-12H2,1-3H3,(H,18,19). The van der Waals surface area contributed by atoms with Gasteiger partial charge in [0.1, 0.15) is 0 Å². The Labute approximate surface area is 116 Å². The number of carboxylic acids is 1. The molecule has 0 aliphatic rings. The summed E-state index contributed by atoms with van der Waals surface area (Å²) in [5.41, 5.74) is 2.71. The number of nitrogens with one attached hydrogen (secondary N) is 1. The van der Waals surface area contributed by atoms with Gasteiger partial charge in [-0.1, -0.05) is 43.7 Å². The van der Waals surface area contributed by atoms with Gasteiger partial charge in [0.25, 0.3) is 0 Å². The van der Waals surface area contributed by atoms with Crippen LogP contribution in [-0.4, -0.2) is 24.2 Å². The highest BCUT2D eigenvalue weighted by atomic mass is 16.4. The fourth-order valence-electron chi connectivity index (χ4n) is 2.03. The molecule has 0 saturated heterocycles. The molecule has 0 amide bonds. The number of hydrogen-bond acceptors (Lipinski definition) is 2. The first-order valence-corrected chi connectivity index (χ1v) is 6.91. The number of unbranched alkanes of at least 4 members (excludes halogenated alkanes) is 1. The summed E-state index contributed by atoms with van der Waals surface area (Å²) < 4.78 is 0. The van der Waals surface area contributed by atoms with Crippen molar-refractivity contribution in [2.75, 3.05) is 13.1 Å². The average Bonchev–Trinajstić information content (AvgIpc) is 2.34. The van der Waals surface area contributed by atoms with Crippen molar-refractivity contribution in [1.29, 1.82) is 0 Å². The summed E-state index contributed by atoms with van der Waals surface area (Å²) in [6.07, 6.45) is 1.92. The SMILES string of the molecule is Cc1ccc(C(C)(C)CNCCCCC(=O)O)cc1. The van der Waals surface area contributed by atoms with Crippen molar-refractivity contribution in [3.63, 3.8) is 0 Å². The summed E-state index contributed by atoms with van der Waals surface area (Å²) in [4.78, 5) is 10.4. The Morgan fingerprint density at radius 3 is 2.42 bits per heavy atom. The lowest BCUT2D eigenvalue weighted by Gasteiger charge is -2.26. The maximum atomic E-state index is 10.4. The number of aryl methyl sites for hydroxylation is 1. The summed E-state index contributed by atoms with van der Waals surface area (Å²) in [5, 5.41) is 12.0. The van der Waals surface area contributed by atoms with E-state index in [1.54, 1.807) is 0 Å². The predicted molar refractivity (Wildman–Crippen MR) is 78.6 cm³/mol. The molecule has 106 valence electrons. The van der Waals surface area contributed by atoms with Gasteiger partial charge in [0.2, 0.25) is 0 Å². The van der Waals surface area contributed by atoms with Crippen molar-refractivity contribution in [2.24, 2.45) is 0 Å². The van der Waals surface area contributed by atoms with E-state index in [1.807, 2.05) is 0 Å². The average molecular weight is 263 g/mol. The van der Waals surface area contributed by atoms with Crippen LogP contribution in [-0.2, 0) is 10.2 Å². The zero-order valence-electron chi connectivity index (χ0n) is 12.2. The Kier molecular flexibility index (Phi) is 6.03. The molecule has 1 aromatic rings. The molecule has 0 fully saturated rings. The van der Waals surface area contributed by atoms with Gasteiger partial charge in [0, 0.05) is 18.4 Å². The highest BCUT2D eigenvalue weighted by molar-refractivity contribution is 5.66. The van der Waals surface area contributed by atoms with E-state index >= 15 is 0 Å². The molecule has 3 nitrogen and oxygen atoms in total. The summed E-state index contributed by atoms with van der Waals surface area (Å²) >= 11 is 0. The van der Waals surface area contributed by atoms with Crippen molar-refractivity contribution in [3.05, 3.63) is 35.4 Å². The van der Waals surface area contributed by atoms with Crippen molar-refractivity contribution in [1.82, 2.24) is 5.32 Å². The third-order valence-corrected chi connectivity index (χ3v) is 3.39. The monoisotopic (exact) mass is 263 g/mol. The van der Waals surface area contributed by atoms with Crippen LogP contribution in [0.15, 0.2) is 24.3 Å². The fourth-order valence-corrected chi connectivity index (χ4v) is 2.03. The minimum absolute atomic E-state index is 0.0977. The van der Waals surface area contributed by atoms with Crippen LogP contribution in [0.5, 0.6) is 0 Å². The summed E-state index contributed by atoms with van der Waals surface area (Å²) in [6, 6.07) is 8.65. The number of benzene rings is 1. The molecule has 1 rings (SSSR count). The van der Waals surface area contributed by atoms with Crippen molar-refractivity contribution >= 4 is 5.97 Å². The van der Waals surface area contributed by atoms with Crippen LogP contribution < -0.4 is 5.32 Å². The highest BCUT2D eigenvalue weighted by Gasteiger charge is 2.19. The van der Waals surface area contributed by atoms with Gasteiger partial charge in [-0.2, -0.15) is 0 Å². The van der Waals surface area contributed by atoms with Gasteiger partial charge in [-0.25, -0.2) is 0 Å². The smallest absolute Gasteiger partial charge is 0.303 e. The van der Waals surface area contributed by atoms with Crippen LogP contribution in [0.2, 0.25) is 0 Å². The number of rotatable bonds is 8. The quantitative estimate of drug-likeness (QED) is 0.708. The third-order valence-electron chi connectivity index (χ3n) is 3.39. The fraction of sp³-hybridized carbons (Fsp3) is 0.562. The zero-order chi connectivity index (χ0) is 14.3. The third kappa shape index (κ3) is 5.88. The first-order chi connectivity index (χ1) is 8.92. The van der Waals surface area contributed by atoms with E-state index in [0.717, 1.165) is 25.9 Å². The highest BCUT2D eigenvalue weighted by Crippen LogP contribution is 2.22. The van der Waals surface area contributed by atoms with Crippen LogP contribution in [0.4, 0.5) is 0 Å². The number of carbonyl (C=O) groups is 1. The molecular formula is C16H25NO2. The second kappa shape index (κ2) is 7.29. The van der Waals surface area contributed by atoms with Crippen molar-refractivity contribution in [3.8, 4) is 0 Å². The predicted octanol–water partition coefficient (Wildman–Crippen LogP) is 3.12. The molecule has 2 N–H and O–H groups in total. The maximum Gasteiger partial charge on any atom is 0.303 e. The molecule has 1 aromatic carbocycles. The Morgan fingerprint density at radius 1 is 1.21 bits per heavy atom.